The second-order valence-electron chi connectivity index (χ2n) is 7.77. The average Bonchev–Trinajstić information content (AvgIpc) is 3.17. The maximum absolute atomic E-state index is 13.1. The van der Waals surface area contributed by atoms with Crippen LogP contribution in [-0.4, -0.2) is 44.7 Å². The number of para-hydroxylation sites is 1. The van der Waals surface area contributed by atoms with Gasteiger partial charge in [-0.05, 0) is 32.3 Å². The molecule has 4 rings (SSSR count). The quantitative estimate of drug-likeness (QED) is 0.426. The van der Waals surface area contributed by atoms with Gasteiger partial charge in [0.1, 0.15) is 5.60 Å². The third kappa shape index (κ3) is 2.58. The molecular weight excluding hydrogens is 386 g/mol. The van der Waals surface area contributed by atoms with Crippen molar-refractivity contribution in [3.8, 4) is 0 Å². The molecule has 2 fully saturated rings. The van der Waals surface area contributed by atoms with Crippen molar-refractivity contribution in [2.75, 3.05) is 25.7 Å². The minimum absolute atomic E-state index is 0.221. The predicted molar refractivity (Wildman–Crippen MR) is 110 cm³/mol. The molecule has 0 radical (unpaired) electrons. The van der Waals surface area contributed by atoms with Gasteiger partial charge in [0.25, 0.3) is 0 Å². The topological polar surface area (TPSA) is 74.3 Å². The van der Waals surface area contributed by atoms with Gasteiger partial charge in [-0.15, -0.1) is 0 Å². The second kappa shape index (κ2) is 7.56. The molecular formula is C23H27NO6. The van der Waals surface area contributed by atoms with E-state index in [1.165, 1.54) is 7.11 Å². The number of fused-ring (bicyclic) bond motifs is 2. The third-order valence-corrected chi connectivity index (χ3v) is 6.63. The molecule has 1 saturated carbocycles. The molecule has 7 nitrogen and oxygen atoms in total. The number of esters is 1. The van der Waals surface area contributed by atoms with E-state index < -0.39 is 23.5 Å². The minimum Gasteiger partial charge on any atom is -0.463 e. The standard InChI is InChI=1S/C23H27NO6/c1-5-23-16-9-7-8-10-18(16)24(21(26)28-4)22(23)12-11-15(14-19(25)29-6-2)13-17(22)20(27-3)30-23/h5,7-10,14,17,20H,1,6,11-13H2,2-4H3/b15-14-. The highest BCUT2D eigenvalue weighted by atomic mass is 16.7. The molecule has 4 atom stereocenters. The highest BCUT2D eigenvalue weighted by Crippen LogP contribution is 2.66. The molecule has 4 unspecified atom stereocenters. The summed E-state index contributed by atoms with van der Waals surface area (Å²) in [6.07, 6.45) is 4.03. The first-order valence-electron chi connectivity index (χ1n) is 10.2. The smallest absolute Gasteiger partial charge is 0.414 e. The SMILES string of the molecule is C=CC12OC(OC)C3C/C(=C\C(=O)OCC)CCC31N(C(=O)OC)c1ccccc12. The number of nitrogens with zero attached hydrogens (tertiary/aromatic N) is 1. The molecule has 1 spiro atoms. The summed E-state index contributed by atoms with van der Waals surface area (Å²) in [5.74, 6) is -0.577. The van der Waals surface area contributed by atoms with E-state index in [9.17, 15) is 9.59 Å². The maximum atomic E-state index is 13.1. The molecule has 0 aromatic heterocycles. The number of carbonyl (C=O) groups is 2. The van der Waals surface area contributed by atoms with Gasteiger partial charge in [0, 0.05) is 24.7 Å². The summed E-state index contributed by atoms with van der Waals surface area (Å²) in [5, 5.41) is 0. The maximum Gasteiger partial charge on any atom is 0.414 e. The molecule has 0 N–H and O–H groups in total. The van der Waals surface area contributed by atoms with E-state index in [4.69, 9.17) is 18.9 Å². The lowest BCUT2D eigenvalue weighted by molar-refractivity contribution is -0.154. The number of anilines is 1. The fraction of sp³-hybridized carbons (Fsp3) is 0.478. The highest BCUT2D eigenvalue weighted by Gasteiger charge is 2.74. The lowest BCUT2D eigenvalue weighted by Gasteiger charge is -2.48. The Labute approximate surface area is 176 Å². The first-order chi connectivity index (χ1) is 14.5. The van der Waals surface area contributed by atoms with Gasteiger partial charge in [-0.3, -0.25) is 4.90 Å². The number of amides is 1. The van der Waals surface area contributed by atoms with Crippen LogP contribution in [0.3, 0.4) is 0 Å². The molecule has 7 heteroatoms. The molecule has 1 aromatic rings. The van der Waals surface area contributed by atoms with Crippen LogP contribution < -0.4 is 4.90 Å². The van der Waals surface area contributed by atoms with Crippen molar-refractivity contribution in [1.29, 1.82) is 0 Å². The summed E-state index contributed by atoms with van der Waals surface area (Å²) < 4.78 is 22.5. The zero-order chi connectivity index (χ0) is 21.5. The molecule has 30 heavy (non-hydrogen) atoms. The van der Waals surface area contributed by atoms with Crippen molar-refractivity contribution >= 4 is 17.7 Å². The van der Waals surface area contributed by atoms with Crippen LogP contribution >= 0.6 is 0 Å². The Hall–Kier alpha value is -2.64. The number of carbonyl (C=O) groups excluding carboxylic acids is 2. The Morgan fingerprint density at radius 1 is 1.33 bits per heavy atom. The van der Waals surface area contributed by atoms with Crippen LogP contribution in [0.4, 0.5) is 10.5 Å². The van der Waals surface area contributed by atoms with Crippen LogP contribution in [0.15, 0.2) is 48.6 Å². The van der Waals surface area contributed by atoms with Gasteiger partial charge < -0.3 is 18.9 Å². The number of rotatable bonds is 4. The number of ether oxygens (including phenoxy) is 4. The van der Waals surface area contributed by atoms with E-state index in [0.717, 1.165) is 16.8 Å². The van der Waals surface area contributed by atoms with Crippen LogP contribution in [0.25, 0.3) is 0 Å². The fourth-order valence-electron chi connectivity index (χ4n) is 5.56. The van der Waals surface area contributed by atoms with Crippen LogP contribution in [0.1, 0.15) is 31.7 Å². The van der Waals surface area contributed by atoms with Gasteiger partial charge in [-0.25, -0.2) is 9.59 Å². The van der Waals surface area contributed by atoms with Crippen molar-refractivity contribution in [1.82, 2.24) is 0 Å². The Morgan fingerprint density at radius 3 is 2.77 bits per heavy atom. The molecule has 1 aliphatic carbocycles. The van der Waals surface area contributed by atoms with Gasteiger partial charge in [0.15, 0.2) is 6.29 Å². The number of methoxy groups -OCH3 is 2. The number of hydrogen-bond acceptors (Lipinski definition) is 6. The zero-order valence-corrected chi connectivity index (χ0v) is 17.6. The Kier molecular flexibility index (Phi) is 5.20. The highest BCUT2D eigenvalue weighted by molar-refractivity contribution is 5.94. The number of allylic oxidation sites excluding steroid dienone is 1. The van der Waals surface area contributed by atoms with Gasteiger partial charge in [0.2, 0.25) is 0 Å². The summed E-state index contributed by atoms with van der Waals surface area (Å²) >= 11 is 0. The van der Waals surface area contributed by atoms with Gasteiger partial charge >= 0.3 is 12.1 Å². The second-order valence-corrected chi connectivity index (χ2v) is 7.77. The Balaban J connectivity index is 1.87. The lowest BCUT2D eigenvalue weighted by atomic mass is 9.63. The summed E-state index contributed by atoms with van der Waals surface area (Å²) in [4.78, 5) is 26.8. The molecule has 160 valence electrons. The normalized spacial score (nSPS) is 32.9. The molecule has 1 aromatic carbocycles. The molecule has 0 bridgehead atoms. The summed E-state index contributed by atoms with van der Waals surface area (Å²) in [7, 11) is 2.97. The number of benzene rings is 1. The van der Waals surface area contributed by atoms with E-state index in [-0.39, 0.29) is 11.9 Å². The average molecular weight is 413 g/mol. The van der Waals surface area contributed by atoms with Gasteiger partial charge in [-0.1, -0.05) is 36.4 Å². The lowest BCUT2D eigenvalue weighted by Crippen LogP contribution is -2.62. The predicted octanol–water partition coefficient (Wildman–Crippen LogP) is 3.69. The summed E-state index contributed by atoms with van der Waals surface area (Å²) in [6.45, 7) is 6.20. The fourth-order valence-corrected chi connectivity index (χ4v) is 5.56. The van der Waals surface area contributed by atoms with Crippen molar-refractivity contribution in [3.05, 3.63) is 54.1 Å². The van der Waals surface area contributed by atoms with Crippen LogP contribution in [0.2, 0.25) is 0 Å². The van der Waals surface area contributed by atoms with E-state index >= 15 is 0 Å². The van der Waals surface area contributed by atoms with E-state index in [2.05, 4.69) is 6.58 Å². The monoisotopic (exact) mass is 413 g/mol. The molecule has 2 aliphatic heterocycles. The summed E-state index contributed by atoms with van der Waals surface area (Å²) in [6, 6.07) is 7.67. The van der Waals surface area contributed by atoms with Gasteiger partial charge in [0.05, 0.1) is 24.9 Å². The van der Waals surface area contributed by atoms with Crippen LogP contribution in [0, 0.1) is 5.92 Å². The van der Waals surface area contributed by atoms with Gasteiger partial charge in [-0.2, -0.15) is 0 Å². The Morgan fingerprint density at radius 2 is 2.10 bits per heavy atom. The van der Waals surface area contributed by atoms with Crippen molar-refractivity contribution in [2.24, 2.45) is 5.92 Å². The molecule has 1 saturated heterocycles. The largest absolute Gasteiger partial charge is 0.463 e. The Bertz CT molecular complexity index is 911. The van der Waals surface area contributed by atoms with Crippen molar-refractivity contribution in [3.63, 3.8) is 0 Å². The third-order valence-electron chi connectivity index (χ3n) is 6.63. The van der Waals surface area contributed by atoms with Crippen LogP contribution in [0.5, 0.6) is 0 Å². The number of hydrogen-bond donors (Lipinski definition) is 0. The first-order valence-corrected chi connectivity index (χ1v) is 10.2. The first kappa shape index (κ1) is 20.6. The van der Waals surface area contributed by atoms with E-state index in [0.29, 0.717) is 25.9 Å². The van der Waals surface area contributed by atoms with E-state index in [1.807, 2.05) is 24.3 Å². The minimum atomic E-state index is -0.932. The molecule has 1 amide bonds. The zero-order valence-electron chi connectivity index (χ0n) is 17.6. The van der Waals surface area contributed by atoms with Crippen molar-refractivity contribution < 1.29 is 28.5 Å². The molecule has 2 heterocycles. The summed E-state index contributed by atoms with van der Waals surface area (Å²) in [5.41, 5.74) is 0.876. The van der Waals surface area contributed by atoms with Crippen LogP contribution in [-0.2, 0) is 29.3 Å². The van der Waals surface area contributed by atoms with E-state index in [1.54, 1.807) is 31.1 Å². The molecule has 3 aliphatic rings. The van der Waals surface area contributed by atoms with Crippen molar-refractivity contribution in [2.45, 2.75) is 43.6 Å².